The fraction of sp³-hybridized carbons (Fsp3) is 0.350. The Labute approximate surface area is 184 Å². The van der Waals surface area contributed by atoms with E-state index in [2.05, 4.69) is 0 Å². The van der Waals surface area contributed by atoms with Gasteiger partial charge in [-0.3, -0.25) is 4.79 Å². The van der Waals surface area contributed by atoms with Crippen molar-refractivity contribution in [2.75, 3.05) is 26.3 Å². The van der Waals surface area contributed by atoms with Crippen molar-refractivity contribution in [1.29, 1.82) is 0 Å². The third-order valence-corrected chi connectivity index (χ3v) is 7.24. The largest absolute Gasteiger partial charge is 0.487 e. The molecule has 0 spiro atoms. The van der Waals surface area contributed by atoms with Crippen LogP contribution in [0.3, 0.4) is 0 Å². The van der Waals surface area contributed by atoms with Gasteiger partial charge in [0.1, 0.15) is 19.0 Å². The molecule has 0 aromatic heterocycles. The fourth-order valence-corrected chi connectivity index (χ4v) is 5.09. The highest BCUT2D eigenvalue weighted by Gasteiger charge is 2.32. The molecule has 30 heavy (non-hydrogen) atoms. The van der Waals surface area contributed by atoms with Crippen LogP contribution < -0.4 is 4.74 Å². The lowest BCUT2D eigenvalue weighted by Crippen LogP contribution is -2.40. The van der Waals surface area contributed by atoms with Crippen LogP contribution in [0, 0.1) is 11.7 Å². The van der Waals surface area contributed by atoms with Gasteiger partial charge in [-0.25, -0.2) is 12.8 Å². The highest BCUT2D eigenvalue weighted by Crippen LogP contribution is 2.32. The number of carbonyl (C=O) groups excluding carboxylic acids is 1. The van der Waals surface area contributed by atoms with E-state index < -0.39 is 27.7 Å². The van der Waals surface area contributed by atoms with E-state index >= 15 is 0 Å². The number of ether oxygens (including phenoxy) is 2. The van der Waals surface area contributed by atoms with Crippen LogP contribution in [0.15, 0.2) is 47.4 Å². The van der Waals surface area contributed by atoms with Crippen molar-refractivity contribution in [2.24, 2.45) is 5.92 Å². The van der Waals surface area contributed by atoms with Crippen molar-refractivity contribution in [3.8, 4) is 5.75 Å². The number of hydrogen-bond acceptors (Lipinski definition) is 5. The Kier molecular flexibility index (Phi) is 7.57. The van der Waals surface area contributed by atoms with Crippen LogP contribution in [0.2, 0.25) is 10.0 Å². The molecular formula is C20H20Cl2FNO5S. The summed E-state index contributed by atoms with van der Waals surface area (Å²) in [5.41, 5.74) is 0. The molecule has 0 amide bonds. The van der Waals surface area contributed by atoms with Crippen LogP contribution >= 0.6 is 23.2 Å². The summed E-state index contributed by atoms with van der Waals surface area (Å²) in [6, 6.07) is 9.65. The van der Waals surface area contributed by atoms with Gasteiger partial charge >= 0.3 is 5.97 Å². The lowest BCUT2D eigenvalue weighted by molar-refractivity contribution is -0.150. The van der Waals surface area contributed by atoms with Gasteiger partial charge in [-0.15, -0.1) is 0 Å². The maximum atomic E-state index is 13.0. The van der Waals surface area contributed by atoms with Gasteiger partial charge in [-0.1, -0.05) is 29.3 Å². The molecule has 1 fully saturated rings. The second kappa shape index (κ2) is 9.96. The number of nitrogens with zero attached hydrogens (tertiary/aromatic N) is 1. The summed E-state index contributed by atoms with van der Waals surface area (Å²) in [4.78, 5) is 12.3. The van der Waals surface area contributed by atoms with Gasteiger partial charge in [0.2, 0.25) is 10.0 Å². The summed E-state index contributed by atoms with van der Waals surface area (Å²) in [5, 5.41) is 0.729. The molecule has 1 saturated heterocycles. The molecule has 1 heterocycles. The van der Waals surface area contributed by atoms with Crippen molar-refractivity contribution < 1.29 is 27.1 Å². The molecule has 0 unspecified atom stereocenters. The summed E-state index contributed by atoms with van der Waals surface area (Å²) >= 11 is 12.0. The number of carbonyl (C=O) groups is 1. The first kappa shape index (κ1) is 22.8. The summed E-state index contributed by atoms with van der Waals surface area (Å²) in [6.07, 6.45) is 0.687. The van der Waals surface area contributed by atoms with Crippen LogP contribution in [0.4, 0.5) is 4.39 Å². The molecule has 2 aromatic carbocycles. The van der Waals surface area contributed by atoms with E-state index in [1.807, 2.05) is 0 Å². The van der Waals surface area contributed by atoms with E-state index in [0.717, 1.165) is 12.1 Å². The predicted octanol–water partition coefficient (Wildman–Crippen LogP) is 4.16. The molecule has 3 rings (SSSR count). The zero-order valence-electron chi connectivity index (χ0n) is 15.9. The zero-order chi connectivity index (χ0) is 21.7. The Balaban J connectivity index is 1.45. The van der Waals surface area contributed by atoms with Gasteiger partial charge in [0.15, 0.2) is 5.75 Å². The van der Waals surface area contributed by atoms with Gasteiger partial charge in [-0.2, -0.15) is 4.31 Å². The second-order valence-electron chi connectivity index (χ2n) is 6.70. The fourth-order valence-electron chi connectivity index (χ4n) is 3.11. The summed E-state index contributed by atoms with van der Waals surface area (Å²) < 4.78 is 50.3. The van der Waals surface area contributed by atoms with Crippen LogP contribution in [0.5, 0.6) is 5.75 Å². The summed E-state index contributed by atoms with van der Waals surface area (Å²) in [6.45, 7) is 0.484. The second-order valence-corrected chi connectivity index (χ2v) is 9.45. The number of sulfonamides is 1. The van der Waals surface area contributed by atoms with Crippen molar-refractivity contribution >= 4 is 39.2 Å². The number of para-hydroxylation sites is 1. The molecule has 1 aliphatic rings. The van der Waals surface area contributed by atoms with E-state index in [4.69, 9.17) is 32.7 Å². The van der Waals surface area contributed by atoms with E-state index in [-0.39, 0.29) is 31.2 Å². The highest BCUT2D eigenvalue weighted by molar-refractivity contribution is 7.89. The molecule has 0 atom stereocenters. The minimum absolute atomic E-state index is 0.0223. The molecule has 0 bridgehead atoms. The Morgan fingerprint density at radius 1 is 1.03 bits per heavy atom. The topological polar surface area (TPSA) is 72.9 Å². The van der Waals surface area contributed by atoms with Crippen molar-refractivity contribution in [1.82, 2.24) is 4.31 Å². The zero-order valence-corrected chi connectivity index (χ0v) is 18.2. The van der Waals surface area contributed by atoms with Crippen LogP contribution in [-0.2, 0) is 19.6 Å². The number of esters is 1. The van der Waals surface area contributed by atoms with Crippen molar-refractivity contribution in [3.63, 3.8) is 0 Å². The first-order valence-corrected chi connectivity index (χ1v) is 11.5. The molecule has 1 aliphatic heterocycles. The third kappa shape index (κ3) is 5.43. The molecule has 0 saturated carbocycles. The van der Waals surface area contributed by atoms with Crippen LogP contribution in [-0.4, -0.2) is 45.0 Å². The van der Waals surface area contributed by atoms with Gasteiger partial charge in [0, 0.05) is 13.1 Å². The number of halogens is 3. The molecular weight excluding hydrogens is 456 g/mol. The standard InChI is InChI=1S/C20H20Cl2FNO5S/c21-17-2-1-3-18(22)19(17)28-12-13-29-20(25)14-8-10-24(11-9-14)30(26,27)16-6-4-15(23)5-7-16/h1-7,14H,8-13H2. The molecule has 6 nitrogen and oxygen atoms in total. The van der Waals surface area contributed by atoms with Crippen molar-refractivity contribution in [3.05, 3.63) is 58.3 Å². The summed E-state index contributed by atoms with van der Waals surface area (Å²) in [7, 11) is -3.72. The van der Waals surface area contributed by atoms with Crippen LogP contribution in [0.1, 0.15) is 12.8 Å². The number of hydrogen-bond donors (Lipinski definition) is 0. The SMILES string of the molecule is O=C(OCCOc1c(Cl)cccc1Cl)C1CCN(S(=O)(=O)c2ccc(F)cc2)CC1. The van der Waals surface area contributed by atoms with Crippen molar-refractivity contribution in [2.45, 2.75) is 17.7 Å². The molecule has 0 aliphatic carbocycles. The number of benzene rings is 2. The maximum absolute atomic E-state index is 13.0. The molecule has 0 N–H and O–H groups in total. The minimum atomic E-state index is -3.72. The van der Waals surface area contributed by atoms with Gasteiger partial charge < -0.3 is 9.47 Å². The number of rotatable bonds is 7. The Hall–Kier alpha value is -1.87. The highest BCUT2D eigenvalue weighted by atomic mass is 35.5. The lowest BCUT2D eigenvalue weighted by Gasteiger charge is -2.30. The van der Waals surface area contributed by atoms with Gasteiger partial charge in [0.05, 0.1) is 20.9 Å². The Bertz CT molecular complexity index is 973. The normalized spacial score (nSPS) is 15.7. The Morgan fingerprint density at radius 2 is 1.63 bits per heavy atom. The summed E-state index contributed by atoms with van der Waals surface area (Å²) in [5.74, 6) is -0.969. The lowest BCUT2D eigenvalue weighted by atomic mass is 9.98. The Morgan fingerprint density at radius 3 is 2.23 bits per heavy atom. The number of piperidine rings is 1. The molecule has 162 valence electrons. The quantitative estimate of drug-likeness (QED) is 0.444. The monoisotopic (exact) mass is 475 g/mol. The molecule has 10 heteroatoms. The van der Waals surface area contributed by atoms with Crippen LogP contribution in [0.25, 0.3) is 0 Å². The first-order valence-electron chi connectivity index (χ1n) is 9.28. The van der Waals surface area contributed by atoms with Gasteiger partial charge in [-0.05, 0) is 49.2 Å². The van der Waals surface area contributed by atoms with Gasteiger partial charge in [0.25, 0.3) is 0 Å². The predicted molar refractivity (Wildman–Crippen MR) is 111 cm³/mol. The average molecular weight is 476 g/mol. The molecule has 0 radical (unpaired) electrons. The maximum Gasteiger partial charge on any atom is 0.309 e. The third-order valence-electron chi connectivity index (χ3n) is 4.73. The smallest absolute Gasteiger partial charge is 0.309 e. The molecule has 2 aromatic rings. The van der Waals surface area contributed by atoms with E-state index in [9.17, 15) is 17.6 Å². The van der Waals surface area contributed by atoms with E-state index in [0.29, 0.717) is 28.6 Å². The van der Waals surface area contributed by atoms with E-state index in [1.54, 1.807) is 18.2 Å². The minimum Gasteiger partial charge on any atom is -0.487 e. The van der Waals surface area contributed by atoms with E-state index in [1.165, 1.54) is 16.4 Å². The first-order chi connectivity index (χ1) is 14.3. The average Bonchev–Trinajstić information content (AvgIpc) is 2.73.